The highest BCUT2D eigenvalue weighted by Gasteiger charge is 2.21. The second-order valence-electron chi connectivity index (χ2n) is 6.89. The van der Waals surface area contributed by atoms with Crippen LogP contribution in [0.3, 0.4) is 0 Å². The third-order valence-corrected chi connectivity index (χ3v) is 4.86. The predicted octanol–water partition coefficient (Wildman–Crippen LogP) is 3.52. The number of esters is 1. The molecule has 7 nitrogen and oxygen atoms in total. The molecule has 1 aromatic carbocycles. The van der Waals surface area contributed by atoms with E-state index in [2.05, 4.69) is 10.6 Å². The van der Waals surface area contributed by atoms with Crippen molar-refractivity contribution < 1.29 is 23.5 Å². The molecule has 7 heteroatoms. The monoisotopic (exact) mass is 384 g/mol. The number of ether oxygens (including phenoxy) is 1. The van der Waals surface area contributed by atoms with E-state index in [0.717, 1.165) is 25.7 Å². The van der Waals surface area contributed by atoms with Crippen molar-refractivity contribution in [3.8, 4) is 0 Å². The molecule has 0 bridgehead atoms. The zero-order chi connectivity index (χ0) is 19.9. The summed E-state index contributed by atoms with van der Waals surface area (Å²) in [4.78, 5) is 36.6. The lowest BCUT2D eigenvalue weighted by molar-refractivity contribution is -0.126. The van der Waals surface area contributed by atoms with Crippen molar-refractivity contribution in [2.24, 2.45) is 5.92 Å². The van der Waals surface area contributed by atoms with E-state index >= 15 is 0 Å². The number of benzene rings is 1. The van der Waals surface area contributed by atoms with Gasteiger partial charge in [0.1, 0.15) is 0 Å². The summed E-state index contributed by atoms with van der Waals surface area (Å²) < 4.78 is 9.87. The van der Waals surface area contributed by atoms with E-state index in [0.29, 0.717) is 16.8 Å². The number of nitrogens with one attached hydrogen (secondary N) is 2. The van der Waals surface area contributed by atoms with Crippen molar-refractivity contribution in [3.63, 3.8) is 0 Å². The molecule has 2 amide bonds. The molecule has 28 heavy (non-hydrogen) atoms. The quantitative estimate of drug-likeness (QED) is 0.743. The summed E-state index contributed by atoms with van der Waals surface area (Å²) in [6.07, 6.45) is 6.59. The molecule has 2 N–H and O–H groups in total. The molecule has 1 heterocycles. The molecule has 0 unspecified atom stereocenters. The number of rotatable bonds is 6. The van der Waals surface area contributed by atoms with Gasteiger partial charge in [-0.05, 0) is 48.7 Å². The van der Waals surface area contributed by atoms with Crippen LogP contribution in [-0.2, 0) is 16.1 Å². The molecule has 1 aromatic heterocycles. The standard InChI is InChI=1S/C21H24N2O5/c1-27-21(26)16-10-14(13-22-19(24)15-6-3-2-4-7-15)11-17(12-16)23-20(25)18-8-5-9-28-18/h5,8-12,15H,2-4,6-7,13H2,1H3,(H,22,24)(H,23,25). The van der Waals surface area contributed by atoms with Crippen LogP contribution in [0.2, 0.25) is 0 Å². The van der Waals surface area contributed by atoms with Gasteiger partial charge in [-0.1, -0.05) is 19.3 Å². The summed E-state index contributed by atoms with van der Waals surface area (Å²) >= 11 is 0. The summed E-state index contributed by atoms with van der Waals surface area (Å²) in [7, 11) is 1.29. The Morgan fingerprint density at radius 2 is 1.93 bits per heavy atom. The Hall–Kier alpha value is -3.09. The van der Waals surface area contributed by atoms with Crippen LogP contribution in [0.15, 0.2) is 41.0 Å². The Morgan fingerprint density at radius 3 is 2.61 bits per heavy atom. The number of carbonyl (C=O) groups excluding carboxylic acids is 3. The number of amides is 2. The van der Waals surface area contributed by atoms with Crippen molar-refractivity contribution in [3.05, 3.63) is 53.5 Å². The van der Waals surface area contributed by atoms with Gasteiger partial charge < -0.3 is 19.8 Å². The minimum absolute atomic E-state index is 0.0318. The second-order valence-corrected chi connectivity index (χ2v) is 6.89. The number of furan rings is 1. The van der Waals surface area contributed by atoms with Gasteiger partial charge >= 0.3 is 5.97 Å². The Bertz CT molecular complexity index is 838. The van der Waals surface area contributed by atoms with Gasteiger partial charge in [-0.25, -0.2) is 4.79 Å². The topological polar surface area (TPSA) is 97.6 Å². The van der Waals surface area contributed by atoms with Gasteiger partial charge in [-0.15, -0.1) is 0 Å². The van der Waals surface area contributed by atoms with Crippen molar-refractivity contribution in [1.82, 2.24) is 5.32 Å². The number of hydrogen-bond donors (Lipinski definition) is 2. The second kappa shape index (κ2) is 9.21. The van der Waals surface area contributed by atoms with Crippen LogP contribution >= 0.6 is 0 Å². The molecule has 0 atom stereocenters. The van der Waals surface area contributed by atoms with E-state index in [-0.39, 0.29) is 24.1 Å². The minimum Gasteiger partial charge on any atom is -0.465 e. The van der Waals surface area contributed by atoms with Crippen LogP contribution in [0.4, 0.5) is 5.69 Å². The van der Waals surface area contributed by atoms with Gasteiger partial charge in [0.25, 0.3) is 5.91 Å². The molecular formula is C21H24N2O5. The van der Waals surface area contributed by atoms with E-state index in [9.17, 15) is 14.4 Å². The molecule has 1 saturated carbocycles. The van der Waals surface area contributed by atoms with Crippen molar-refractivity contribution in [1.29, 1.82) is 0 Å². The molecule has 1 fully saturated rings. The van der Waals surface area contributed by atoms with Gasteiger partial charge in [0.05, 0.1) is 18.9 Å². The highest BCUT2D eigenvalue weighted by atomic mass is 16.5. The van der Waals surface area contributed by atoms with E-state index < -0.39 is 11.9 Å². The highest BCUT2D eigenvalue weighted by molar-refractivity contribution is 6.03. The molecule has 0 saturated heterocycles. The van der Waals surface area contributed by atoms with E-state index in [1.807, 2.05) is 0 Å². The largest absolute Gasteiger partial charge is 0.465 e. The van der Waals surface area contributed by atoms with Crippen molar-refractivity contribution in [2.75, 3.05) is 12.4 Å². The van der Waals surface area contributed by atoms with Crippen LogP contribution in [0.25, 0.3) is 0 Å². The first kappa shape index (κ1) is 19.7. The van der Waals surface area contributed by atoms with Crippen LogP contribution in [0.5, 0.6) is 0 Å². The Morgan fingerprint density at radius 1 is 1.14 bits per heavy atom. The van der Waals surface area contributed by atoms with Crippen LogP contribution < -0.4 is 10.6 Å². The summed E-state index contributed by atoms with van der Waals surface area (Å²) in [5.41, 5.74) is 1.41. The maximum absolute atomic E-state index is 12.4. The summed E-state index contributed by atoms with van der Waals surface area (Å²) in [6.45, 7) is 0.268. The molecule has 2 aromatic rings. The normalized spacial score (nSPS) is 14.3. The lowest BCUT2D eigenvalue weighted by atomic mass is 9.88. The van der Waals surface area contributed by atoms with Gasteiger partial charge in [0, 0.05) is 18.2 Å². The fourth-order valence-electron chi connectivity index (χ4n) is 3.40. The van der Waals surface area contributed by atoms with E-state index in [4.69, 9.17) is 9.15 Å². The molecule has 1 aliphatic carbocycles. The summed E-state index contributed by atoms with van der Waals surface area (Å²) in [6, 6.07) is 8.06. The molecule has 0 aliphatic heterocycles. The average molecular weight is 384 g/mol. The zero-order valence-corrected chi connectivity index (χ0v) is 15.8. The fraction of sp³-hybridized carbons (Fsp3) is 0.381. The van der Waals surface area contributed by atoms with E-state index in [1.54, 1.807) is 24.3 Å². The Kier molecular flexibility index (Phi) is 6.47. The number of carbonyl (C=O) groups is 3. The first-order chi connectivity index (χ1) is 13.6. The Balaban J connectivity index is 1.72. The summed E-state index contributed by atoms with van der Waals surface area (Å²) in [5, 5.41) is 5.64. The Labute approximate surface area is 163 Å². The first-order valence-corrected chi connectivity index (χ1v) is 9.41. The summed E-state index contributed by atoms with van der Waals surface area (Å²) in [5.74, 6) is -0.700. The van der Waals surface area contributed by atoms with Gasteiger partial charge in [-0.2, -0.15) is 0 Å². The number of hydrogen-bond acceptors (Lipinski definition) is 5. The molecule has 148 valence electrons. The van der Waals surface area contributed by atoms with Gasteiger partial charge in [-0.3, -0.25) is 9.59 Å². The first-order valence-electron chi connectivity index (χ1n) is 9.41. The van der Waals surface area contributed by atoms with Crippen molar-refractivity contribution >= 4 is 23.5 Å². The molecular weight excluding hydrogens is 360 g/mol. The number of methoxy groups -OCH3 is 1. The van der Waals surface area contributed by atoms with Crippen LogP contribution in [0.1, 0.15) is 58.6 Å². The third kappa shape index (κ3) is 5.00. The van der Waals surface area contributed by atoms with E-state index in [1.165, 1.54) is 25.9 Å². The van der Waals surface area contributed by atoms with Gasteiger partial charge in [0.2, 0.25) is 5.91 Å². The van der Waals surface area contributed by atoms with Crippen molar-refractivity contribution in [2.45, 2.75) is 38.6 Å². The van der Waals surface area contributed by atoms with Crippen LogP contribution in [-0.4, -0.2) is 24.9 Å². The lowest BCUT2D eigenvalue weighted by Crippen LogP contribution is -2.31. The lowest BCUT2D eigenvalue weighted by Gasteiger charge is -2.21. The third-order valence-electron chi connectivity index (χ3n) is 4.86. The fourth-order valence-corrected chi connectivity index (χ4v) is 3.40. The molecule has 0 spiro atoms. The molecule has 3 rings (SSSR count). The SMILES string of the molecule is COC(=O)c1cc(CNC(=O)C2CCCCC2)cc(NC(=O)c2ccco2)c1. The minimum atomic E-state index is -0.519. The molecule has 1 aliphatic rings. The van der Waals surface area contributed by atoms with Crippen LogP contribution in [0, 0.1) is 5.92 Å². The smallest absolute Gasteiger partial charge is 0.337 e. The highest BCUT2D eigenvalue weighted by Crippen LogP contribution is 2.24. The average Bonchev–Trinajstić information content (AvgIpc) is 3.27. The zero-order valence-electron chi connectivity index (χ0n) is 15.8. The maximum Gasteiger partial charge on any atom is 0.337 e. The number of anilines is 1. The maximum atomic E-state index is 12.4. The molecule has 0 radical (unpaired) electrons. The van der Waals surface area contributed by atoms with Gasteiger partial charge in [0.15, 0.2) is 5.76 Å². The predicted molar refractivity (Wildman–Crippen MR) is 103 cm³/mol.